The number of nitrogens with zero attached hydrogens (tertiary/aromatic N) is 6. The molecule has 0 bridgehead atoms. The van der Waals surface area contributed by atoms with E-state index in [-0.39, 0.29) is 0 Å². The Kier molecular flexibility index (Phi) is 5.26. The molecule has 0 aliphatic carbocycles. The SMILES string of the molecule is COc1ccc(CN2CCCn3c(-c4ccc(-n5cnc(C)c5)c(OC)c4)nnc32)cc1. The summed E-state index contributed by atoms with van der Waals surface area (Å²) in [6.07, 6.45) is 4.81. The number of rotatable bonds is 6. The minimum absolute atomic E-state index is 0.767. The molecule has 0 N–H and O–H groups in total. The molecule has 1 aliphatic heterocycles. The minimum Gasteiger partial charge on any atom is -0.497 e. The number of fused-ring (bicyclic) bond motifs is 1. The fourth-order valence-electron chi connectivity index (χ4n) is 4.15. The Morgan fingerprint density at radius 1 is 0.969 bits per heavy atom. The number of methoxy groups -OCH3 is 2. The van der Waals surface area contributed by atoms with E-state index in [9.17, 15) is 0 Å². The van der Waals surface area contributed by atoms with Crippen LogP contribution < -0.4 is 14.4 Å². The van der Waals surface area contributed by atoms with Crippen molar-refractivity contribution in [1.82, 2.24) is 24.3 Å². The first-order chi connectivity index (χ1) is 15.7. The highest BCUT2D eigenvalue weighted by atomic mass is 16.5. The second kappa shape index (κ2) is 8.37. The molecule has 0 amide bonds. The highest BCUT2D eigenvalue weighted by Crippen LogP contribution is 2.32. The van der Waals surface area contributed by atoms with Crippen molar-refractivity contribution in [3.8, 4) is 28.6 Å². The van der Waals surface area contributed by atoms with Crippen molar-refractivity contribution < 1.29 is 9.47 Å². The lowest BCUT2D eigenvalue weighted by atomic mass is 10.1. The normalized spacial score (nSPS) is 13.2. The third kappa shape index (κ3) is 3.68. The van der Waals surface area contributed by atoms with Crippen LogP contribution in [0.15, 0.2) is 55.0 Å². The predicted molar refractivity (Wildman–Crippen MR) is 123 cm³/mol. The Balaban J connectivity index is 1.44. The van der Waals surface area contributed by atoms with Crippen LogP contribution >= 0.6 is 0 Å². The molecule has 2 aromatic heterocycles. The number of ether oxygens (including phenoxy) is 2. The fourth-order valence-corrected chi connectivity index (χ4v) is 4.15. The molecule has 1 aliphatic rings. The summed E-state index contributed by atoms with van der Waals surface area (Å²) in [5, 5.41) is 9.09. The van der Waals surface area contributed by atoms with Gasteiger partial charge in [-0.3, -0.25) is 4.57 Å². The second-order valence-electron chi connectivity index (χ2n) is 7.91. The van der Waals surface area contributed by atoms with Crippen LogP contribution in [-0.4, -0.2) is 45.1 Å². The fraction of sp³-hybridized carbons (Fsp3) is 0.292. The standard InChI is InChI=1S/C24H26N6O2/c1-17-14-29(16-25-17)21-10-7-19(13-22(21)32-3)23-26-27-24-28(11-4-12-30(23)24)15-18-5-8-20(31-2)9-6-18/h5-10,13-14,16H,4,11-12,15H2,1-3H3. The van der Waals surface area contributed by atoms with Crippen molar-refractivity contribution in [2.75, 3.05) is 25.7 Å². The van der Waals surface area contributed by atoms with Crippen LogP contribution in [0.5, 0.6) is 11.5 Å². The minimum atomic E-state index is 0.767. The van der Waals surface area contributed by atoms with E-state index in [4.69, 9.17) is 9.47 Å². The van der Waals surface area contributed by atoms with Gasteiger partial charge in [-0.2, -0.15) is 0 Å². The lowest BCUT2D eigenvalue weighted by molar-refractivity contribution is 0.413. The smallest absolute Gasteiger partial charge is 0.227 e. The first-order valence-electron chi connectivity index (χ1n) is 10.7. The van der Waals surface area contributed by atoms with Gasteiger partial charge in [0, 0.05) is 31.4 Å². The molecule has 0 saturated heterocycles. The molecular weight excluding hydrogens is 404 g/mol. The molecule has 2 aromatic carbocycles. The summed E-state index contributed by atoms with van der Waals surface area (Å²) in [4.78, 5) is 6.60. The van der Waals surface area contributed by atoms with E-state index in [0.717, 1.165) is 66.3 Å². The average Bonchev–Trinajstić information content (AvgIpc) is 3.46. The maximum atomic E-state index is 5.68. The summed E-state index contributed by atoms with van der Waals surface area (Å²) in [6.45, 7) is 4.59. The Morgan fingerprint density at radius 3 is 2.53 bits per heavy atom. The van der Waals surface area contributed by atoms with Crippen LogP contribution in [0.3, 0.4) is 0 Å². The highest BCUT2D eigenvalue weighted by molar-refractivity contribution is 5.65. The molecule has 164 valence electrons. The van der Waals surface area contributed by atoms with Gasteiger partial charge >= 0.3 is 0 Å². The van der Waals surface area contributed by atoms with Crippen LogP contribution in [0.1, 0.15) is 17.7 Å². The molecule has 0 radical (unpaired) electrons. The number of anilines is 1. The zero-order chi connectivity index (χ0) is 22.1. The van der Waals surface area contributed by atoms with Gasteiger partial charge in [0.1, 0.15) is 11.5 Å². The summed E-state index contributed by atoms with van der Waals surface area (Å²) in [5.74, 6) is 3.38. The molecular formula is C24H26N6O2. The maximum absolute atomic E-state index is 5.68. The maximum Gasteiger partial charge on any atom is 0.227 e. The second-order valence-corrected chi connectivity index (χ2v) is 7.91. The first-order valence-corrected chi connectivity index (χ1v) is 10.7. The van der Waals surface area contributed by atoms with Gasteiger partial charge in [0.2, 0.25) is 5.95 Å². The van der Waals surface area contributed by atoms with E-state index in [1.54, 1.807) is 20.5 Å². The lowest BCUT2D eigenvalue weighted by Gasteiger charge is -2.29. The summed E-state index contributed by atoms with van der Waals surface area (Å²) >= 11 is 0. The zero-order valence-corrected chi connectivity index (χ0v) is 18.5. The number of hydrogen-bond acceptors (Lipinski definition) is 6. The Labute approximate surface area is 187 Å². The molecule has 3 heterocycles. The molecule has 0 saturated carbocycles. The van der Waals surface area contributed by atoms with Crippen LogP contribution in [0, 0.1) is 6.92 Å². The van der Waals surface area contributed by atoms with Crippen molar-refractivity contribution >= 4 is 5.95 Å². The molecule has 0 unspecified atom stereocenters. The number of imidazole rings is 1. The molecule has 8 nitrogen and oxygen atoms in total. The van der Waals surface area contributed by atoms with Crippen LogP contribution in [0.2, 0.25) is 0 Å². The van der Waals surface area contributed by atoms with Gasteiger partial charge in [0.05, 0.1) is 31.9 Å². The number of aromatic nitrogens is 5. The average molecular weight is 431 g/mol. The van der Waals surface area contributed by atoms with E-state index in [1.165, 1.54) is 5.56 Å². The molecule has 32 heavy (non-hydrogen) atoms. The topological polar surface area (TPSA) is 70.2 Å². The summed E-state index contributed by atoms with van der Waals surface area (Å²) in [5.41, 5.74) is 4.09. The van der Waals surface area contributed by atoms with E-state index >= 15 is 0 Å². The third-order valence-electron chi connectivity index (χ3n) is 5.78. The Bertz CT molecular complexity index is 1230. The molecule has 5 rings (SSSR count). The highest BCUT2D eigenvalue weighted by Gasteiger charge is 2.24. The van der Waals surface area contributed by atoms with Crippen molar-refractivity contribution in [3.63, 3.8) is 0 Å². The van der Waals surface area contributed by atoms with E-state index in [0.29, 0.717) is 0 Å². The summed E-state index contributed by atoms with van der Waals surface area (Å²) < 4.78 is 15.1. The molecule has 0 fully saturated rings. The van der Waals surface area contributed by atoms with Gasteiger partial charge in [-0.25, -0.2) is 4.98 Å². The quantitative estimate of drug-likeness (QED) is 0.463. The van der Waals surface area contributed by atoms with E-state index in [2.05, 4.69) is 42.8 Å². The van der Waals surface area contributed by atoms with Crippen molar-refractivity contribution in [3.05, 3.63) is 66.2 Å². The van der Waals surface area contributed by atoms with E-state index in [1.807, 2.05) is 42.0 Å². The number of benzene rings is 2. The predicted octanol–water partition coefficient (Wildman–Crippen LogP) is 3.87. The molecule has 0 spiro atoms. The number of aryl methyl sites for hydroxylation is 1. The summed E-state index contributed by atoms with van der Waals surface area (Å²) in [7, 11) is 3.36. The molecule has 4 aromatic rings. The van der Waals surface area contributed by atoms with Crippen molar-refractivity contribution in [2.45, 2.75) is 26.4 Å². The van der Waals surface area contributed by atoms with Gasteiger partial charge in [0.25, 0.3) is 0 Å². The van der Waals surface area contributed by atoms with Gasteiger partial charge < -0.3 is 18.9 Å². The Hall–Kier alpha value is -3.81. The van der Waals surface area contributed by atoms with Crippen LogP contribution in [0.25, 0.3) is 17.1 Å². The van der Waals surface area contributed by atoms with Crippen LogP contribution in [0.4, 0.5) is 5.95 Å². The van der Waals surface area contributed by atoms with E-state index < -0.39 is 0 Å². The number of hydrogen-bond donors (Lipinski definition) is 0. The van der Waals surface area contributed by atoms with Crippen LogP contribution in [-0.2, 0) is 13.1 Å². The largest absolute Gasteiger partial charge is 0.497 e. The van der Waals surface area contributed by atoms with Crippen molar-refractivity contribution in [1.29, 1.82) is 0 Å². The molecule has 0 atom stereocenters. The van der Waals surface area contributed by atoms with Crippen molar-refractivity contribution in [2.24, 2.45) is 0 Å². The third-order valence-corrected chi connectivity index (χ3v) is 5.78. The molecule has 8 heteroatoms. The monoisotopic (exact) mass is 430 g/mol. The van der Waals surface area contributed by atoms with Gasteiger partial charge in [-0.15, -0.1) is 10.2 Å². The van der Waals surface area contributed by atoms with Gasteiger partial charge in [0.15, 0.2) is 5.82 Å². The van der Waals surface area contributed by atoms with Gasteiger partial charge in [-0.05, 0) is 49.2 Å². The Morgan fingerprint density at radius 2 is 1.81 bits per heavy atom. The zero-order valence-electron chi connectivity index (χ0n) is 18.5. The summed E-state index contributed by atoms with van der Waals surface area (Å²) in [6, 6.07) is 14.3. The first kappa shape index (κ1) is 20.1. The lowest BCUT2D eigenvalue weighted by Crippen LogP contribution is -2.32. The van der Waals surface area contributed by atoms with Gasteiger partial charge in [-0.1, -0.05) is 12.1 Å².